The molecular formula is C43H56N2O8. The lowest BCUT2D eigenvalue weighted by atomic mass is 9.98. The summed E-state index contributed by atoms with van der Waals surface area (Å²) in [6, 6.07) is 15.1. The van der Waals surface area contributed by atoms with Crippen molar-refractivity contribution in [2.24, 2.45) is 11.8 Å². The van der Waals surface area contributed by atoms with Gasteiger partial charge in [0.05, 0.1) is 24.7 Å². The lowest BCUT2D eigenvalue weighted by Gasteiger charge is -2.10. The Kier molecular flexibility index (Phi) is 20.2. The van der Waals surface area contributed by atoms with E-state index in [0.717, 1.165) is 38.5 Å². The van der Waals surface area contributed by atoms with Crippen molar-refractivity contribution in [3.63, 3.8) is 0 Å². The molecule has 53 heavy (non-hydrogen) atoms. The number of carbonyl (C=O) groups is 6. The van der Waals surface area contributed by atoms with Crippen LogP contribution in [0.5, 0.6) is 0 Å². The van der Waals surface area contributed by atoms with Crippen LogP contribution in [0.25, 0.3) is 0 Å². The molecule has 2 aromatic carbocycles. The lowest BCUT2D eigenvalue weighted by molar-refractivity contribution is -0.153. The highest BCUT2D eigenvalue weighted by Crippen LogP contribution is 2.23. The van der Waals surface area contributed by atoms with Gasteiger partial charge in [0.2, 0.25) is 11.8 Å². The molecule has 10 nitrogen and oxygen atoms in total. The summed E-state index contributed by atoms with van der Waals surface area (Å²) in [7, 11) is 0. The van der Waals surface area contributed by atoms with Gasteiger partial charge < -0.3 is 20.5 Å². The smallest absolute Gasteiger partial charge is 0.317 e. The summed E-state index contributed by atoms with van der Waals surface area (Å²) in [5.41, 5.74) is 1.20. The topological polar surface area (TPSA) is 156 Å². The predicted octanol–water partition coefficient (Wildman–Crippen LogP) is 9.37. The Morgan fingerprint density at radius 3 is 1.91 bits per heavy atom. The molecule has 2 aromatic rings. The molecule has 0 aliphatic carbocycles. The van der Waals surface area contributed by atoms with Crippen molar-refractivity contribution < 1.29 is 38.6 Å². The first kappa shape index (κ1) is 42.6. The molecule has 2 unspecified atom stereocenters. The largest absolute Gasteiger partial charge is 0.481 e. The standard InChI is InChI=1S/C43H56N2O8/c46-38(32-40(48)44-36-26-20-17-21-27-36)33-25-22-28-37(29-33)45-39(47)30-34(42(50)51)23-18-15-13-11-9-7-5-3-1-2-4-6-8-10-12-14-16-19-24-35-31-41(49)53-43(35)52/h13,15,17-18,20-23,25-29,34-35H,1-12,14,16,19,24,30-32H2,(H,44,48)(H,45,47)(H,50,51)/b15-13+,23-18+. The summed E-state index contributed by atoms with van der Waals surface area (Å²) in [5, 5.41) is 15.0. The molecule has 3 N–H and O–H groups in total. The quantitative estimate of drug-likeness (QED) is 0.0270. The minimum absolute atomic E-state index is 0.210. The number of ether oxygens (including phenoxy) is 1. The number of anilines is 2. The van der Waals surface area contributed by atoms with Gasteiger partial charge in [0.25, 0.3) is 0 Å². The molecule has 1 fully saturated rings. The third kappa shape index (κ3) is 18.5. The number of Topliss-reactive ketones (excluding diaryl/α,β-unsaturated/α-hetero) is 1. The summed E-state index contributed by atoms with van der Waals surface area (Å²) in [4.78, 5) is 71.9. The maximum Gasteiger partial charge on any atom is 0.317 e. The SMILES string of the molecule is O=C(CC(=O)c1cccc(NC(=O)CC(/C=C/C=C/CCCCCCCCCCCCCCCCC2CC(=O)OC2=O)C(=O)O)c1)Nc1ccccc1. The zero-order chi connectivity index (χ0) is 38.1. The molecule has 1 heterocycles. The number of hydrogen-bond donors (Lipinski definition) is 3. The van der Waals surface area contributed by atoms with Gasteiger partial charge in [-0.15, -0.1) is 0 Å². The number of rotatable bonds is 27. The molecule has 2 amide bonds. The van der Waals surface area contributed by atoms with Crippen LogP contribution in [0.2, 0.25) is 0 Å². The molecule has 1 saturated heterocycles. The number of carboxylic acids is 1. The normalized spacial score (nSPS) is 14.8. The number of nitrogens with one attached hydrogen (secondary N) is 2. The molecule has 10 heteroatoms. The van der Waals surface area contributed by atoms with Crippen molar-refractivity contribution in [2.45, 2.75) is 122 Å². The van der Waals surface area contributed by atoms with Crippen LogP contribution in [0.15, 0.2) is 78.9 Å². The van der Waals surface area contributed by atoms with Gasteiger partial charge in [-0.25, -0.2) is 0 Å². The zero-order valence-electron chi connectivity index (χ0n) is 30.9. The number of hydrogen-bond acceptors (Lipinski definition) is 7. The summed E-state index contributed by atoms with van der Waals surface area (Å²) >= 11 is 0. The van der Waals surface area contributed by atoms with Crippen LogP contribution < -0.4 is 10.6 Å². The van der Waals surface area contributed by atoms with Crippen molar-refractivity contribution in [3.8, 4) is 0 Å². The minimum Gasteiger partial charge on any atom is -0.481 e. The first-order valence-corrected chi connectivity index (χ1v) is 19.3. The molecule has 2 atom stereocenters. The average Bonchev–Trinajstić information content (AvgIpc) is 3.46. The van der Waals surface area contributed by atoms with Crippen molar-refractivity contribution in [3.05, 3.63) is 84.5 Å². The molecule has 0 aromatic heterocycles. The third-order valence-electron chi connectivity index (χ3n) is 9.29. The molecular weight excluding hydrogens is 672 g/mol. The first-order valence-electron chi connectivity index (χ1n) is 19.3. The van der Waals surface area contributed by atoms with E-state index in [4.69, 9.17) is 0 Å². The van der Waals surface area contributed by atoms with Crippen LogP contribution in [-0.4, -0.2) is 40.6 Å². The molecule has 3 rings (SSSR count). The number of ketones is 1. The monoisotopic (exact) mass is 728 g/mol. The first-order chi connectivity index (χ1) is 25.7. The number of cyclic esters (lactones) is 2. The van der Waals surface area contributed by atoms with E-state index in [0.29, 0.717) is 11.4 Å². The Bertz CT molecular complexity index is 1530. The number of allylic oxidation sites excluding steroid dienone is 3. The average molecular weight is 729 g/mol. The number of esters is 2. The summed E-state index contributed by atoms with van der Waals surface area (Å²) in [5.74, 6) is -4.37. The van der Waals surface area contributed by atoms with Gasteiger partial charge in [0.15, 0.2) is 5.78 Å². The number of carbonyl (C=O) groups excluding carboxylic acids is 5. The van der Waals surface area contributed by atoms with Crippen molar-refractivity contribution in [1.29, 1.82) is 0 Å². The van der Waals surface area contributed by atoms with Crippen LogP contribution in [0.1, 0.15) is 132 Å². The van der Waals surface area contributed by atoms with E-state index in [1.165, 1.54) is 76.4 Å². The van der Waals surface area contributed by atoms with Crippen molar-refractivity contribution in [2.75, 3.05) is 10.6 Å². The Morgan fingerprint density at radius 2 is 1.30 bits per heavy atom. The number of benzene rings is 2. The van der Waals surface area contributed by atoms with Crippen LogP contribution in [0.4, 0.5) is 11.4 Å². The second-order valence-electron chi connectivity index (χ2n) is 13.8. The van der Waals surface area contributed by atoms with Crippen LogP contribution >= 0.6 is 0 Å². The second-order valence-corrected chi connectivity index (χ2v) is 13.8. The Balaban J connectivity index is 1.18. The molecule has 286 valence electrons. The Hall–Kier alpha value is -4.86. The lowest BCUT2D eigenvalue weighted by Crippen LogP contribution is -2.21. The fourth-order valence-corrected chi connectivity index (χ4v) is 6.28. The summed E-state index contributed by atoms with van der Waals surface area (Å²) in [6.45, 7) is 0. The molecule has 1 aliphatic heterocycles. The molecule has 0 radical (unpaired) electrons. The van der Waals surface area contributed by atoms with Gasteiger partial charge in [-0.2, -0.15) is 0 Å². The van der Waals surface area contributed by atoms with Gasteiger partial charge >= 0.3 is 17.9 Å². The van der Waals surface area contributed by atoms with Gasteiger partial charge in [-0.1, -0.05) is 138 Å². The fourth-order valence-electron chi connectivity index (χ4n) is 6.28. The Labute approximate surface area is 313 Å². The number of para-hydroxylation sites is 1. The van der Waals surface area contributed by atoms with E-state index >= 15 is 0 Å². The van der Waals surface area contributed by atoms with Crippen LogP contribution in [0.3, 0.4) is 0 Å². The van der Waals surface area contributed by atoms with E-state index in [-0.39, 0.29) is 42.7 Å². The predicted molar refractivity (Wildman–Crippen MR) is 206 cm³/mol. The van der Waals surface area contributed by atoms with E-state index in [1.54, 1.807) is 48.5 Å². The van der Waals surface area contributed by atoms with Gasteiger partial charge in [-0.3, -0.25) is 28.8 Å². The van der Waals surface area contributed by atoms with E-state index in [1.807, 2.05) is 18.2 Å². The summed E-state index contributed by atoms with van der Waals surface area (Å²) in [6.07, 6.45) is 25.3. The van der Waals surface area contributed by atoms with Gasteiger partial charge in [-0.05, 0) is 43.5 Å². The molecule has 0 spiro atoms. The summed E-state index contributed by atoms with van der Waals surface area (Å²) < 4.78 is 4.60. The third-order valence-corrected chi connectivity index (χ3v) is 9.29. The number of unbranched alkanes of at least 4 members (excludes halogenated alkanes) is 14. The number of carboxylic acid groups (broad SMARTS) is 1. The van der Waals surface area contributed by atoms with Gasteiger partial charge in [0, 0.05) is 23.4 Å². The highest BCUT2D eigenvalue weighted by atomic mass is 16.6. The minimum atomic E-state index is -1.10. The molecule has 0 bridgehead atoms. The van der Waals surface area contributed by atoms with Crippen LogP contribution in [0, 0.1) is 11.8 Å². The molecule has 0 saturated carbocycles. The second kappa shape index (κ2) is 25.2. The zero-order valence-corrected chi connectivity index (χ0v) is 30.9. The Morgan fingerprint density at radius 1 is 0.717 bits per heavy atom. The van der Waals surface area contributed by atoms with Gasteiger partial charge in [0.1, 0.15) is 0 Å². The van der Waals surface area contributed by atoms with E-state index in [2.05, 4.69) is 15.4 Å². The fraction of sp³-hybridized carbons (Fsp3) is 0.488. The highest BCUT2D eigenvalue weighted by molar-refractivity contribution is 6.11. The highest BCUT2D eigenvalue weighted by Gasteiger charge is 2.32. The molecule has 1 aliphatic rings. The number of aliphatic carboxylic acids is 1. The maximum absolute atomic E-state index is 12.7. The van der Waals surface area contributed by atoms with E-state index < -0.39 is 29.5 Å². The van der Waals surface area contributed by atoms with Crippen molar-refractivity contribution in [1.82, 2.24) is 0 Å². The number of amides is 2. The van der Waals surface area contributed by atoms with Crippen LogP contribution in [-0.2, 0) is 28.7 Å². The van der Waals surface area contributed by atoms with E-state index in [9.17, 15) is 33.9 Å². The maximum atomic E-state index is 12.7. The van der Waals surface area contributed by atoms with Crippen molar-refractivity contribution >= 4 is 46.9 Å².